The molecule has 0 spiro atoms. The normalized spacial score (nSPS) is 10.3. The zero-order valence-corrected chi connectivity index (χ0v) is 12.7. The average Bonchev–Trinajstić information content (AvgIpc) is 2.61. The SMILES string of the molecule is Fc1ccc(NCc2ccc(OCc3ccccc3)cc2)cc1. The first-order chi connectivity index (χ1) is 11.3. The molecular weight excluding hydrogens is 289 g/mol. The Kier molecular flexibility index (Phi) is 4.89. The third kappa shape index (κ3) is 4.58. The number of benzene rings is 3. The molecule has 0 aliphatic rings. The number of rotatable bonds is 6. The molecule has 0 aromatic heterocycles. The average molecular weight is 307 g/mol. The quantitative estimate of drug-likeness (QED) is 0.690. The minimum atomic E-state index is -0.226. The summed E-state index contributed by atoms with van der Waals surface area (Å²) in [6, 6.07) is 24.4. The Balaban J connectivity index is 1.51. The zero-order valence-electron chi connectivity index (χ0n) is 12.7. The van der Waals surface area contributed by atoms with E-state index in [4.69, 9.17) is 4.74 Å². The summed E-state index contributed by atoms with van der Waals surface area (Å²) in [6.45, 7) is 1.25. The molecule has 23 heavy (non-hydrogen) atoms. The van der Waals surface area contributed by atoms with Crippen LogP contribution in [0.3, 0.4) is 0 Å². The van der Waals surface area contributed by atoms with Crippen LogP contribution in [0.5, 0.6) is 5.75 Å². The first kappa shape index (κ1) is 15.1. The lowest BCUT2D eigenvalue weighted by Crippen LogP contribution is -2.00. The number of halogens is 1. The highest BCUT2D eigenvalue weighted by atomic mass is 19.1. The van der Waals surface area contributed by atoms with Crippen LogP contribution in [-0.2, 0) is 13.2 Å². The molecule has 0 bridgehead atoms. The third-order valence-electron chi connectivity index (χ3n) is 3.51. The van der Waals surface area contributed by atoms with Gasteiger partial charge in [-0.05, 0) is 47.5 Å². The molecule has 116 valence electrons. The second kappa shape index (κ2) is 7.45. The summed E-state index contributed by atoms with van der Waals surface area (Å²) in [6.07, 6.45) is 0. The van der Waals surface area contributed by atoms with Crippen molar-refractivity contribution in [2.75, 3.05) is 5.32 Å². The van der Waals surface area contributed by atoms with E-state index >= 15 is 0 Å². The van der Waals surface area contributed by atoms with Gasteiger partial charge in [-0.25, -0.2) is 4.39 Å². The molecule has 0 saturated heterocycles. The van der Waals surface area contributed by atoms with E-state index in [2.05, 4.69) is 5.32 Å². The maximum absolute atomic E-state index is 12.8. The van der Waals surface area contributed by atoms with Crippen LogP contribution in [0.25, 0.3) is 0 Å². The predicted molar refractivity (Wildman–Crippen MR) is 90.9 cm³/mol. The molecule has 0 radical (unpaired) electrons. The maximum atomic E-state index is 12.8. The molecular formula is C20H18FNO. The Morgan fingerprint density at radius 2 is 1.43 bits per heavy atom. The molecule has 1 N–H and O–H groups in total. The van der Waals surface area contributed by atoms with E-state index in [0.717, 1.165) is 22.6 Å². The van der Waals surface area contributed by atoms with Crippen LogP contribution in [-0.4, -0.2) is 0 Å². The maximum Gasteiger partial charge on any atom is 0.123 e. The van der Waals surface area contributed by atoms with Crippen molar-refractivity contribution in [3.05, 3.63) is 95.8 Å². The summed E-state index contributed by atoms with van der Waals surface area (Å²) in [7, 11) is 0. The molecule has 0 heterocycles. The smallest absolute Gasteiger partial charge is 0.123 e. The van der Waals surface area contributed by atoms with E-state index in [1.165, 1.54) is 12.1 Å². The lowest BCUT2D eigenvalue weighted by molar-refractivity contribution is 0.306. The van der Waals surface area contributed by atoms with Gasteiger partial charge in [-0.15, -0.1) is 0 Å². The summed E-state index contributed by atoms with van der Waals surface area (Å²) in [5, 5.41) is 3.26. The summed E-state index contributed by atoms with van der Waals surface area (Å²) in [5.74, 6) is 0.620. The van der Waals surface area contributed by atoms with Crippen LogP contribution in [0.4, 0.5) is 10.1 Å². The van der Waals surface area contributed by atoms with Crippen molar-refractivity contribution in [2.45, 2.75) is 13.2 Å². The molecule has 3 heteroatoms. The van der Waals surface area contributed by atoms with Gasteiger partial charge in [-0.2, -0.15) is 0 Å². The Morgan fingerprint density at radius 1 is 0.739 bits per heavy atom. The van der Waals surface area contributed by atoms with E-state index in [1.54, 1.807) is 12.1 Å². The number of nitrogens with one attached hydrogen (secondary N) is 1. The predicted octanol–water partition coefficient (Wildman–Crippen LogP) is 5.02. The Morgan fingerprint density at radius 3 is 2.13 bits per heavy atom. The van der Waals surface area contributed by atoms with Gasteiger partial charge in [0, 0.05) is 12.2 Å². The van der Waals surface area contributed by atoms with Crippen molar-refractivity contribution in [3.8, 4) is 5.75 Å². The molecule has 0 aliphatic heterocycles. The molecule has 0 unspecified atom stereocenters. The highest BCUT2D eigenvalue weighted by Crippen LogP contribution is 2.16. The Bertz CT molecular complexity index is 724. The number of hydrogen-bond donors (Lipinski definition) is 1. The minimum absolute atomic E-state index is 0.226. The molecule has 0 fully saturated rings. The number of ether oxygens (including phenoxy) is 1. The van der Waals surface area contributed by atoms with Crippen LogP contribution < -0.4 is 10.1 Å². The standard InChI is InChI=1S/C20H18FNO/c21-18-8-10-19(11-9-18)22-14-16-6-12-20(13-7-16)23-15-17-4-2-1-3-5-17/h1-13,22H,14-15H2. The fourth-order valence-electron chi connectivity index (χ4n) is 2.22. The molecule has 0 atom stereocenters. The van der Waals surface area contributed by atoms with Crippen LogP contribution in [0, 0.1) is 5.82 Å². The molecule has 3 aromatic carbocycles. The van der Waals surface area contributed by atoms with Crippen LogP contribution >= 0.6 is 0 Å². The molecule has 3 aromatic rings. The van der Waals surface area contributed by atoms with Gasteiger partial charge in [0.25, 0.3) is 0 Å². The van der Waals surface area contributed by atoms with E-state index in [-0.39, 0.29) is 5.82 Å². The summed E-state index contributed by atoms with van der Waals surface area (Å²) < 4.78 is 18.6. The second-order valence-electron chi connectivity index (χ2n) is 5.28. The van der Waals surface area contributed by atoms with Crippen molar-refractivity contribution in [1.29, 1.82) is 0 Å². The second-order valence-corrected chi connectivity index (χ2v) is 5.28. The van der Waals surface area contributed by atoms with Gasteiger partial charge in [0.05, 0.1) is 0 Å². The summed E-state index contributed by atoms with van der Waals surface area (Å²) in [4.78, 5) is 0. The summed E-state index contributed by atoms with van der Waals surface area (Å²) in [5.41, 5.74) is 3.19. The molecule has 0 saturated carbocycles. The van der Waals surface area contributed by atoms with Crippen molar-refractivity contribution in [1.82, 2.24) is 0 Å². The van der Waals surface area contributed by atoms with Gasteiger partial charge in [-0.3, -0.25) is 0 Å². The van der Waals surface area contributed by atoms with Crippen LogP contribution in [0.2, 0.25) is 0 Å². The van der Waals surface area contributed by atoms with E-state index in [1.807, 2.05) is 54.6 Å². The monoisotopic (exact) mass is 307 g/mol. The number of hydrogen-bond acceptors (Lipinski definition) is 2. The van der Waals surface area contributed by atoms with Gasteiger partial charge in [-0.1, -0.05) is 42.5 Å². The highest BCUT2D eigenvalue weighted by Gasteiger charge is 1.98. The van der Waals surface area contributed by atoms with Crippen molar-refractivity contribution in [2.24, 2.45) is 0 Å². The van der Waals surface area contributed by atoms with Gasteiger partial charge >= 0.3 is 0 Å². The lowest BCUT2D eigenvalue weighted by atomic mass is 10.2. The fourth-order valence-corrected chi connectivity index (χ4v) is 2.22. The number of anilines is 1. The lowest BCUT2D eigenvalue weighted by Gasteiger charge is -2.09. The fraction of sp³-hybridized carbons (Fsp3) is 0.100. The molecule has 0 amide bonds. The molecule has 0 aliphatic carbocycles. The Hall–Kier alpha value is -2.81. The van der Waals surface area contributed by atoms with E-state index < -0.39 is 0 Å². The van der Waals surface area contributed by atoms with Crippen molar-refractivity contribution in [3.63, 3.8) is 0 Å². The van der Waals surface area contributed by atoms with Gasteiger partial charge < -0.3 is 10.1 Å². The first-order valence-electron chi connectivity index (χ1n) is 7.55. The Labute approximate surface area is 135 Å². The molecule has 3 rings (SSSR count). The topological polar surface area (TPSA) is 21.3 Å². The first-order valence-corrected chi connectivity index (χ1v) is 7.55. The van der Waals surface area contributed by atoms with Gasteiger partial charge in [0.2, 0.25) is 0 Å². The van der Waals surface area contributed by atoms with E-state index in [0.29, 0.717) is 13.2 Å². The van der Waals surface area contributed by atoms with Crippen molar-refractivity contribution < 1.29 is 9.13 Å². The van der Waals surface area contributed by atoms with Gasteiger partial charge in [0.15, 0.2) is 0 Å². The zero-order chi connectivity index (χ0) is 15.9. The molecule has 2 nitrogen and oxygen atoms in total. The van der Waals surface area contributed by atoms with Crippen LogP contribution in [0.1, 0.15) is 11.1 Å². The van der Waals surface area contributed by atoms with Gasteiger partial charge in [0.1, 0.15) is 18.2 Å². The van der Waals surface area contributed by atoms with Crippen LogP contribution in [0.15, 0.2) is 78.9 Å². The largest absolute Gasteiger partial charge is 0.489 e. The third-order valence-corrected chi connectivity index (χ3v) is 3.51. The van der Waals surface area contributed by atoms with Crippen molar-refractivity contribution >= 4 is 5.69 Å². The minimum Gasteiger partial charge on any atom is -0.489 e. The highest BCUT2D eigenvalue weighted by molar-refractivity contribution is 5.43. The van der Waals surface area contributed by atoms with E-state index in [9.17, 15) is 4.39 Å². The summed E-state index contributed by atoms with van der Waals surface area (Å²) >= 11 is 0.